The highest BCUT2D eigenvalue weighted by atomic mass is 16.6. The van der Waals surface area contributed by atoms with Crippen LogP contribution < -0.4 is 5.73 Å². The fraction of sp³-hybridized carbons (Fsp3) is 0.714. The predicted molar refractivity (Wildman–Crippen MR) is 41.0 cm³/mol. The average molecular weight is 175 g/mol. The van der Waals surface area contributed by atoms with E-state index in [4.69, 9.17) is 5.73 Å². The van der Waals surface area contributed by atoms with Gasteiger partial charge in [-0.1, -0.05) is 0 Å². The third-order valence-corrected chi connectivity index (χ3v) is 1.04. The molecule has 0 fully saturated rings. The second-order valence-corrected chi connectivity index (χ2v) is 2.42. The third-order valence-electron chi connectivity index (χ3n) is 1.04. The van der Waals surface area contributed by atoms with Crippen LogP contribution in [0.4, 0.5) is 0 Å². The molecule has 0 saturated heterocycles. The van der Waals surface area contributed by atoms with Crippen LogP contribution in [0.3, 0.4) is 0 Å². The average Bonchev–Trinajstić information content (AvgIpc) is 1.85. The van der Waals surface area contributed by atoms with Gasteiger partial charge in [0.2, 0.25) is 0 Å². The van der Waals surface area contributed by atoms with Gasteiger partial charge in [0.05, 0.1) is 6.61 Å². The maximum absolute atomic E-state index is 11.0. The molecule has 0 spiro atoms. The molecule has 12 heavy (non-hydrogen) atoms. The van der Waals surface area contributed by atoms with Gasteiger partial charge in [-0.25, -0.2) is 4.79 Å². The number of nitrogens with two attached hydrogens (primary N) is 1. The first kappa shape index (κ1) is 10.9. The number of carbonyl (C=O) groups excluding carboxylic acids is 2. The molecule has 0 radical (unpaired) electrons. The van der Waals surface area contributed by atoms with Crippen LogP contribution in [-0.4, -0.2) is 24.3 Å². The molecule has 0 rings (SSSR count). The number of hydrogen-bond donors (Lipinski definition) is 1. The highest BCUT2D eigenvalue weighted by molar-refractivity contribution is 5.81. The van der Waals surface area contributed by atoms with Crippen molar-refractivity contribution < 1.29 is 19.1 Å². The Bertz CT molecular complexity index is 188. The van der Waals surface area contributed by atoms with Crippen molar-refractivity contribution in [3.8, 4) is 0 Å². The van der Waals surface area contributed by atoms with Gasteiger partial charge in [0.25, 0.3) is 5.72 Å². The molecule has 0 amide bonds. The van der Waals surface area contributed by atoms with Crippen LogP contribution in [0.2, 0.25) is 0 Å². The van der Waals surface area contributed by atoms with Crippen LogP contribution in [0.15, 0.2) is 0 Å². The lowest BCUT2D eigenvalue weighted by atomic mass is 10.3. The Kier molecular flexibility index (Phi) is 3.69. The van der Waals surface area contributed by atoms with E-state index in [-0.39, 0.29) is 6.61 Å². The maximum Gasteiger partial charge on any atom is 0.365 e. The summed E-state index contributed by atoms with van der Waals surface area (Å²) < 4.78 is 9.08. The Morgan fingerprint density at radius 1 is 1.50 bits per heavy atom. The van der Waals surface area contributed by atoms with E-state index in [9.17, 15) is 9.59 Å². The monoisotopic (exact) mass is 175 g/mol. The largest absolute Gasteiger partial charge is 0.462 e. The van der Waals surface area contributed by atoms with Gasteiger partial charge in [-0.2, -0.15) is 0 Å². The summed E-state index contributed by atoms with van der Waals surface area (Å²) in [5.41, 5.74) is 3.65. The summed E-state index contributed by atoms with van der Waals surface area (Å²) in [5.74, 6) is -1.37. The van der Waals surface area contributed by atoms with Gasteiger partial charge < -0.3 is 9.47 Å². The van der Waals surface area contributed by atoms with Gasteiger partial charge in [0.1, 0.15) is 0 Å². The van der Waals surface area contributed by atoms with Gasteiger partial charge in [-0.3, -0.25) is 10.5 Å². The Labute approximate surface area is 70.8 Å². The lowest BCUT2D eigenvalue weighted by Crippen LogP contribution is -2.49. The summed E-state index contributed by atoms with van der Waals surface area (Å²) in [5, 5.41) is 0. The number of hydrogen-bond acceptors (Lipinski definition) is 5. The summed E-state index contributed by atoms with van der Waals surface area (Å²) in [7, 11) is 0. The van der Waals surface area contributed by atoms with Crippen LogP contribution in [-0.2, 0) is 19.1 Å². The molecule has 5 heteroatoms. The summed E-state index contributed by atoms with van der Waals surface area (Å²) >= 11 is 0. The van der Waals surface area contributed by atoms with Crippen LogP contribution in [0.25, 0.3) is 0 Å². The summed E-state index contributed by atoms with van der Waals surface area (Å²) in [6.07, 6.45) is 0. The molecule has 70 valence electrons. The number of rotatable bonds is 3. The van der Waals surface area contributed by atoms with E-state index >= 15 is 0 Å². The zero-order valence-corrected chi connectivity index (χ0v) is 7.42. The minimum atomic E-state index is -1.68. The lowest BCUT2D eigenvalue weighted by molar-refractivity contribution is -0.178. The van der Waals surface area contributed by atoms with Gasteiger partial charge in [-0.05, 0) is 6.92 Å². The fourth-order valence-electron chi connectivity index (χ4n) is 0.615. The normalized spacial score (nSPS) is 14.7. The van der Waals surface area contributed by atoms with E-state index in [0.717, 1.165) is 0 Å². The summed E-state index contributed by atoms with van der Waals surface area (Å²) in [6.45, 7) is 4.28. The molecule has 0 aliphatic heterocycles. The predicted octanol–water partition coefficient (Wildman–Crippen LogP) is -0.213. The third kappa shape index (κ3) is 3.34. The van der Waals surface area contributed by atoms with Crippen molar-refractivity contribution in [1.29, 1.82) is 0 Å². The number of ether oxygens (including phenoxy) is 2. The van der Waals surface area contributed by atoms with Crippen molar-refractivity contribution in [3.63, 3.8) is 0 Å². The molecule has 0 saturated carbocycles. The molecular formula is C7H13NO4. The Morgan fingerprint density at radius 2 is 2.00 bits per heavy atom. The van der Waals surface area contributed by atoms with Gasteiger partial charge in [-0.15, -0.1) is 0 Å². The van der Waals surface area contributed by atoms with E-state index in [1.54, 1.807) is 6.92 Å². The Balaban J connectivity index is 4.18. The molecule has 0 bridgehead atoms. The first-order valence-corrected chi connectivity index (χ1v) is 3.56. The number of esters is 2. The van der Waals surface area contributed by atoms with Crippen LogP contribution in [0, 0.1) is 0 Å². The molecule has 2 N–H and O–H groups in total. The van der Waals surface area contributed by atoms with Crippen LogP contribution in [0.5, 0.6) is 0 Å². The summed E-state index contributed by atoms with van der Waals surface area (Å²) in [6, 6.07) is 0. The quantitative estimate of drug-likeness (QED) is 0.474. The van der Waals surface area contributed by atoms with Crippen molar-refractivity contribution in [2.24, 2.45) is 5.73 Å². The van der Waals surface area contributed by atoms with E-state index < -0.39 is 17.7 Å². The summed E-state index contributed by atoms with van der Waals surface area (Å²) in [4.78, 5) is 21.4. The highest BCUT2D eigenvalue weighted by Gasteiger charge is 2.33. The van der Waals surface area contributed by atoms with Gasteiger partial charge >= 0.3 is 11.9 Å². The van der Waals surface area contributed by atoms with Crippen molar-refractivity contribution in [2.45, 2.75) is 26.5 Å². The Hall–Kier alpha value is -1.10. The molecule has 0 aromatic heterocycles. The number of carbonyl (C=O) groups is 2. The molecule has 5 nitrogen and oxygen atoms in total. The molecule has 1 atom stereocenters. The van der Waals surface area contributed by atoms with Gasteiger partial charge in [0.15, 0.2) is 0 Å². The molecule has 0 heterocycles. The molecule has 0 aromatic rings. The first-order chi connectivity index (χ1) is 5.40. The Morgan fingerprint density at radius 3 is 2.33 bits per heavy atom. The zero-order valence-electron chi connectivity index (χ0n) is 7.42. The first-order valence-electron chi connectivity index (χ1n) is 3.56. The van der Waals surface area contributed by atoms with E-state index in [1.807, 2.05) is 0 Å². The van der Waals surface area contributed by atoms with Crippen LogP contribution >= 0.6 is 0 Å². The fourth-order valence-corrected chi connectivity index (χ4v) is 0.615. The minimum absolute atomic E-state index is 0.201. The van der Waals surface area contributed by atoms with E-state index in [2.05, 4.69) is 9.47 Å². The molecule has 0 aliphatic rings. The molecule has 0 aliphatic carbocycles. The maximum atomic E-state index is 11.0. The van der Waals surface area contributed by atoms with Crippen molar-refractivity contribution in [3.05, 3.63) is 0 Å². The zero-order chi connectivity index (χ0) is 9.78. The molecule has 0 aromatic carbocycles. The standard InChI is InChI=1S/C7H13NO4/c1-4-11-6(10)7(3,8)12-5(2)9/h4,8H2,1-3H3. The minimum Gasteiger partial charge on any atom is -0.462 e. The van der Waals surface area contributed by atoms with Gasteiger partial charge in [0, 0.05) is 13.8 Å². The van der Waals surface area contributed by atoms with Crippen LogP contribution in [0.1, 0.15) is 20.8 Å². The second kappa shape index (κ2) is 4.06. The van der Waals surface area contributed by atoms with Crippen molar-refractivity contribution in [1.82, 2.24) is 0 Å². The lowest BCUT2D eigenvalue weighted by Gasteiger charge is -2.21. The van der Waals surface area contributed by atoms with E-state index in [0.29, 0.717) is 0 Å². The SMILES string of the molecule is CCOC(=O)C(C)(N)OC(C)=O. The molecular weight excluding hydrogens is 162 g/mol. The second-order valence-electron chi connectivity index (χ2n) is 2.42. The molecule has 1 unspecified atom stereocenters. The smallest absolute Gasteiger partial charge is 0.365 e. The van der Waals surface area contributed by atoms with Crippen molar-refractivity contribution in [2.75, 3.05) is 6.61 Å². The topological polar surface area (TPSA) is 78.6 Å². The van der Waals surface area contributed by atoms with E-state index in [1.165, 1.54) is 13.8 Å². The highest BCUT2D eigenvalue weighted by Crippen LogP contribution is 2.04. The van der Waals surface area contributed by atoms with Crippen molar-refractivity contribution >= 4 is 11.9 Å².